The van der Waals surface area contributed by atoms with E-state index in [0.29, 0.717) is 5.82 Å². The number of aromatic nitrogens is 3. The molecule has 3 rings (SSSR count). The highest BCUT2D eigenvalue weighted by Gasteiger charge is 2.12. The van der Waals surface area contributed by atoms with Gasteiger partial charge in [0.1, 0.15) is 0 Å². The summed E-state index contributed by atoms with van der Waals surface area (Å²) in [5.74, 6) is 7.62. The lowest BCUT2D eigenvalue weighted by Crippen LogP contribution is -2.11. The van der Waals surface area contributed by atoms with Crippen LogP contribution in [0.5, 0.6) is 0 Å². The first kappa shape index (κ1) is 14.5. The lowest BCUT2D eigenvalue weighted by Gasteiger charge is -2.03. The zero-order valence-corrected chi connectivity index (χ0v) is 13.8. The summed E-state index contributed by atoms with van der Waals surface area (Å²) in [6.45, 7) is 0. The zero-order chi connectivity index (χ0) is 14.7. The third kappa shape index (κ3) is 3.25. The number of nitrogens with zero attached hydrogens (tertiary/aromatic N) is 3. The van der Waals surface area contributed by atoms with Gasteiger partial charge in [-0.05, 0) is 35.4 Å². The van der Waals surface area contributed by atoms with Gasteiger partial charge in [0.2, 0.25) is 5.16 Å². The summed E-state index contributed by atoms with van der Waals surface area (Å²) in [6, 6.07) is 12.5. The van der Waals surface area contributed by atoms with E-state index in [9.17, 15) is 0 Å². The Bertz CT molecular complexity index is 704. The Balaban J connectivity index is 1.70. The van der Waals surface area contributed by atoms with Crippen LogP contribution in [0.15, 0.2) is 51.8 Å². The number of nitrogen functional groups attached to an aromatic ring is 1. The summed E-state index contributed by atoms with van der Waals surface area (Å²) < 4.78 is 1.56. The van der Waals surface area contributed by atoms with Gasteiger partial charge < -0.3 is 5.84 Å². The molecule has 3 aromatic rings. The van der Waals surface area contributed by atoms with Crippen molar-refractivity contribution in [3.05, 3.63) is 47.3 Å². The van der Waals surface area contributed by atoms with Crippen LogP contribution in [0.25, 0.3) is 10.7 Å². The largest absolute Gasteiger partial charge is 0.335 e. The highest BCUT2D eigenvalue weighted by molar-refractivity contribution is 7.98. The van der Waals surface area contributed by atoms with Gasteiger partial charge >= 0.3 is 0 Å². The second-order valence-corrected chi connectivity index (χ2v) is 7.06. The second-order valence-electron chi connectivity index (χ2n) is 4.29. The predicted octanol–water partition coefficient (Wildman–Crippen LogP) is 3.73. The Kier molecular flexibility index (Phi) is 4.52. The van der Waals surface area contributed by atoms with Crippen molar-refractivity contribution in [3.8, 4) is 10.7 Å². The molecule has 2 heterocycles. The van der Waals surface area contributed by atoms with Crippen molar-refractivity contribution in [1.29, 1.82) is 0 Å². The van der Waals surface area contributed by atoms with Crippen LogP contribution in [0.3, 0.4) is 0 Å². The van der Waals surface area contributed by atoms with E-state index in [1.807, 2.05) is 17.5 Å². The van der Waals surface area contributed by atoms with Gasteiger partial charge in [0.05, 0.1) is 4.88 Å². The molecule has 0 saturated carbocycles. The van der Waals surface area contributed by atoms with Crippen LogP contribution in [0.4, 0.5) is 0 Å². The summed E-state index contributed by atoms with van der Waals surface area (Å²) in [7, 11) is 0. The maximum absolute atomic E-state index is 6.08. The van der Waals surface area contributed by atoms with Gasteiger partial charge in [0.25, 0.3) is 0 Å². The molecule has 0 aliphatic heterocycles. The number of hydrogen-bond donors (Lipinski definition) is 1. The summed E-state index contributed by atoms with van der Waals surface area (Å²) in [5.41, 5.74) is 1.25. The van der Waals surface area contributed by atoms with Crippen molar-refractivity contribution >= 4 is 34.9 Å². The molecular formula is C14H14N4S3. The SMILES string of the molecule is CSc1ccc(CSc2nnc(-c3cccs3)n2N)cc1. The molecule has 0 spiro atoms. The molecule has 21 heavy (non-hydrogen) atoms. The molecule has 4 nitrogen and oxygen atoms in total. The van der Waals surface area contributed by atoms with Crippen LogP contribution in [0.2, 0.25) is 0 Å². The molecular weight excluding hydrogens is 320 g/mol. The van der Waals surface area contributed by atoms with Crippen molar-refractivity contribution in [2.24, 2.45) is 0 Å². The number of thioether (sulfide) groups is 2. The minimum absolute atomic E-state index is 0.713. The van der Waals surface area contributed by atoms with Crippen LogP contribution in [-0.2, 0) is 5.75 Å². The average molecular weight is 334 g/mol. The average Bonchev–Trinajstić information content (AvgIpc) is 3.15. The van der Waals surface area contributed by atoms with E-state index in [2.05, 4.69) is 40.7 Å². The Morgan fingerprint density at radius 1 is 1.19 bits per heavy atom. The molecule has 2 N–H and O–H groups in total. The minimum Gasteiger partial charge on any atom is -0.335 e. The first-order chi connectivity index (χ1) is 10.3. The molecule has 0 aliphatic carbocycles. The van der Waals surface area contributed by atoms with Gasteiger partial charge in [0, 0.05) is 10.6 Å². The van der Waals surface area contributed by atoms with Gasteiger partial charge in [-0.25, -0.2) is 4.68 Å². The molecule has 108 valence electrons. The smallest absolute Gasteiger partial charge is 0.210 e. The predicted molar refractivity (Wildman–Crippen MR) is 91.3 cm³/mol. The molecule has 0 unspecified atom stereocenters. The number of benzene rings is 1. The lowest BCUT2D eigenvalue weighted by molar-refractivity contribution is 0.850. The monoisotopic (exact) mass is 334 g/mol. The van der Waals surface area contributed by atoms with Crippen molar-refractivity contribution in [2.75, 3.05) is 12.1 Å². The van der Waals surface area contributed by atoms with Crippen LogP contribution < -0.4 is 5.84 Å². The molecule has 0 saturated heterocycles. The van der Waals surface area contributed by atoms with E-state index in [4.69, 9.17) is 5.84 Å². The van der Waals surface area contributed by atoms with Crippen molar-refractivity contribution in [2.45, 2.75) is 15.8 Å². The maximum Gasteiger partial charge on any atom is 0.210 e. The van der Waals surface area contributed by atoms with Gasteiger partial charge in [-0.15, -0.1) is 33.3 Å². The van der Waals surface area contributed by atoms with Crippen LogP contribution >= 0.6 is 34.9 Å². The summed E-state index contributed by atoms with van der Waals surface area (Å²) in [4.78, 5) is 2.30. The van der Waals surface area contributed by atoms with Gasteiger partial charge in [-0.3, -0.25) is 0 Å². The van der Waals surface area contributed by atoms with Crippen molar-refractivity contribution in [1.82, 2.24) is 14.9 Å². The first-order valence-electron chi connectivity index (χ1n) is 6.28. The summed E-state index contributed by atoms with van der Waals surface area (Å²) in [6.07, 6.45) is 2.08. The maximum atomic E-state index is 6.08. The fourth-order valence-corrected chi connectivity index (χ4v) is 3.74. The Labute approximate surface area is 135 Å². The van der Waals surface area contributed by atoms with Crippen molar-refractivity contribution < 1.29 is 0 Å². The highest BCUT2D eigenvalue weighted by atomic mass is 32.2. The molecule has 0 bridgehead atoms. The Morgan fingerprint density at radius 2 is 2.00 bits per heavy atom. The van der Waals surface area contributed by atoms with Gasteiger partial charge in [-0.2, -0.15) is 0 Å². The quantitative estimate of drug-likeness (QED) is 0.569. The van der Waals surface area contributed by atoms with Crippen LogP contribution in [0.1, 0.15) is 5.56 Å². The third-order valence-electron chi connectivity index (χ3n) is 2.93. The second kappa shape index (κ2) is 6.55. The third-order valence-corrected chi connectivity index (χ3v) is 5.56. The number of nitrogens with two attached hydrogens (primary N) is 1. The van der Waals surface area contributed by atoms with Crippen LogP contribution in [-0.4, -0.2) is 21.1 Å². The topological polar surface area (TPSA) is 56.7 Å². The molecule has 0 radical (unpaired) electrons. The van der Waals surface area contributed by atoms with E-state index in [-0.39, 0.29) is 0 Å². The number of thiophene rings is 1. The molecule has 0 atom stereocenters. The fraction of sp³-hybridized carbons (Fsp3) is 0.143. The number of hydrogen-bond acceptors (Lipinski definition) is 6. The standard InChI is InChI=1S/C14H14N4S3/c1-19-11-6-4-10(5-7-11)9-21-14-17-16-13(18(14)15)12-3-2-8-20-12/h2-8H,9,15H2,1H3. The van der Waals surface area contributed by atoms with Gasteiger partial charge in [-0.1, -0.05) is 30.0 Å². The molecule has 0 amide bonds. The molecule has 0 aliphatic rings. The lowest BCUT2D eigenvalue weighted by atomic mass is 10.2. The Morgan fingerprint density at radius 3 is 2.67 bits per heavy atom. The van der Waals surface area contributed by atoms with E-state index < -0.39 is 0 Å². The highest BCUT2D eigenvalue weighted by Crippen LogP contribution is 2.27. The van der Waals surface area contributed by atoms with Crippen LogP contribution in [0, 0.1) is 0 Å². The molecule has 0 fully saturated rings. The van der Waals surface area contributed by atoms with Gasteiger partial charge in [0.15, 0.2) is 5.82 Å². The van der Waals surface area contributed by atoms with E-state index in [0.717, 1.165) is 15.8 Å². The zero-order valence-electron chi connectivity index (χ0n) is 11.4. The molecule has 2 aromatic heterocycles. The molecule has 7 heteroatoms. The normalized spacial score (nSPS) is 10.9. The van der Waals surface area contributed by atoms with Crippen molar-refractivity contribution in [3.63, 3.8) is 0 Å². The molecule has 1 aromatic carbocycles. The summed E-state index contributed by atoms with van der Waals surface area (Å²) in [5, 5.41) is 11.1. The summed E-state index contributed by atoms with van der Waals surface area (Å²) >= 11 is 4.95. The van der Waals surface area contributed by atoms with E-state index in [1.165, 1.54) is 10.5 Å². The minimum atomic E-state index is 0.713. The fourth-order valence-electron chi connectivity index (χ4n) is 1.82. The van der Waals surface area contributed by atoms with E-state index >= 15 is 0 Å². The number of rotatable bonds is 5. The van der Waals surface area contributed by atoms with E-state index in [1.54, 1.807) is 39.5 Å². The Hall–Kier alpha value is -1.44. The first-order valence-corrected chi connectivity index (χ1v) is 9.37.